The predicted molar refractivity (Wildman–Crippen MR) is 98.3 cm³/mol. The lowest BCUT2D eigenvalue weighted by Gasteiger charge is -2.33. The molecule has 2 aliphatic rings. The van der Waals surface area contributed by atoms with Crippen LogP contribution in [-0.2, 0) is 4.74 Å². The maximum atomic E-state index is 12.5. The molecule has 1 aromatic heterocycles. The minimum absolute atomic E-state index is 0.0437. The van der Waals surface area contributed by atoms with Gasteiger partial charge in [-0.1, -0.05) is 18.1 Å². The number of carbonyl (C=O) groups is 1. The van der Waals surface area contributed by atoms with Gasteiger partial charge in [-0.05, 0) is 49.9 Å². The Morgan fingerprint density at radius 2 is 1.73 bits per heavy atom. The molecule has 1 aliphatic heterocycles. The summed E-state index contributed by atoms with van der Waals surface area (Å²) in [5.74, 6) is 0. The van der Waals surface area contributed by atoms with E-state index in [-0.39, 0.29) is 6.03 Å². The summed E-state index contributed by atoms with van der Waals surface area (Å²) in [4.78, 5) is 14.4. The Morgan fingerprint density at radius 3 is 2.38 bits per heavy atom. The van der Waals surface area contributed by atoms with Crippen LogP contribution in [0.1, 0.15) is 38.5 Å². The van der Waals surface area contributed by atoms with Crippen LogP contribution in [0.4, 0.5) is 10.5 Å². The number of nitrogens with one attached hydrogen (secondary N) is 1. The first-order chi connectivity index (χ1) is 12.8. The van der Waals surface area contributed by atoms with Gasteiger partial charge in [-0.2, -0.15) is 0 Å². The summed E-state index contributed by atoms with van der Waals surface area (Å²) in [5, 5.41) is 10.7. The van der Waals surface area contributed by atoms with Gasteiger partial charge in [0.25, 0.3) is 0 Å². The van der Waals surface area contributed by atoms with Crippen LogP contribution in [0.15, 0.2) is 36.7 Å². The summed E-state index contributed by atoms with van der Waals surface area (Å²) < 4.78 is 7.86. The Hall–Kier alpha value is -2.41. The fourth-order valence-corrected chi connectivity index (χ4v) is 3.74. The SMILES string of the molecule is O=C(Nc1ccc(-n2ccnn2)cc1)N1CCC(OC2CCCC2)CC1. The molecule has 1 aromatic carbocycles. The lowest BCUT2D eigenvalue weighted by Crippen LogP contribution is -2.43. The highest BCUT2D eigenvalue weighted by molar-refractivity contribution is 5.89. The second kappa shape index (κ2) is 7.86. The van der Waals surface area contributed by atoms with Crippen LogP contribution in [0.5, 0.6) is 0 Å². The number of carbonyl (C=O) groups excluding carboxylic acids is 1. The Morgan fingerprint density at radius 1 is 1.04 bits per heavy atom. The summed E-state index contributed by atoms with van der Waals surface area (Å²) in [6.45, 7) is 1.50. The van der Waals surface area contributed by atoms with Crippen LogP contribution in [-0.4, -0.2) is 51.2 Å². The first-order valence-electron chi connectivity index (χ1n) is 9.46. The molecule has 7 heteroatoms. The molecule has 2 aromatic rings. The number of hydrogen-bond donors (Lipinski definition) is 1. The summed E-state index contributed by atoms with van der Waals surface area (Å²) in [6, 6.07) is 7.53. The van der Waals surface area contributed by atoms with Crippen LogP contribution < -0.4 is 5.32 Å². The van der Waals surface area contributed by atoms with Crippen molar-refractivity contribution in [3.8, 4) is 5.69 Å². The molecule has 138 valence electrons. The van der Waals surface area contributed by atoms with E-state index in [1.165, 1.54) is 25.7 Å². The van der Waals surface area contributed by atoms with Crippen LogP contribution in [0.2, 0.25) is 0 Å². The quantitative estimate of drug-likeness (QED) is 0.914. The lowest BCUT2D eigenvalue weighted by molar-refractivity contribution is -0.0333. The van der Waals surface area contributed by atoms with E-state index < -0.39 is 0 Å². The van der Waals surface area contributed by atoms with Crippen molar-refractivity contribution >= 4 is 11.7 Å². The first-order valence-corrected chi connectivity index (χ1v) is 9.46. The molecule has 1 saturated carbocycles. The van der Waals surface area contributed by atoms with Crippen LogP contribution in [0, 0.1) is 0 Å². The highest BCUT2D eigenvalue weighted by Crippen LogP contribution is 2.25. The molecule has 2 fully saturated rings. The third kappa shape index (κ3) is 4.04. The van der Waals surface area contributed by atoms with E-state index in [9.17, 15) is 4.79 Å². The molecule has 0 unspecified atom stereocenters. The van der Waals surface area contributed by atoms with Crippen molar-refractivity contribution in [2.75, 3.05) is 18.4 Å². The van der Waals surface area contributed by atoms with Gasteiger partial charge < -0.3 is 15.0 Å². The average Bonchev–Trinajstić information content (AvgIpc) is 3.37. The van der Waals surface area contributed by atoms with Gasteiger partial charge in [0, 0.05) is 18.8 Å². The van der Waals surface area contributed by atoms with Gasteiger partial charge in [0.15, 0.2) is 0 Å². The van der Waals surface area contributed by atoms with E-state index >= 15 is 0 Å². The minimum Gasteiger partial charge on any atom is -0.375 e. The minimum atomic E-state index is -0.0437. The van der Waals surface area contributed by atoms with Gasteiger partial charge in [-0.25, -0.2) is 9.48 Å². The number of likely N-dealkylation sites (tertiary alicyclic amines) is 1. The predicted octanol–water partition coefficient (Wildman–Crippen LogP) is 3.22. The maximum absolute atomic E-state index is 12.5. The number of anilines is 1. The van der Waals surface area contributed by atoms with Crippen LogP contribution in [0.3, 0.4) is 0 Å². The van der Waals surface area contributed by atoms with Crippen molar-refractivity contribution in [1.29, 1.82) is 0 Å². The van der Waals surface area contributed by atoms with Gasteiger partial charge in [0.05, 0.1) is 30.3 Å². The van der Waals surface area contributed by atoms with Crippen molar-refractivity contribution in [3.63, 3.8) is 0 Å². The summed E-state index contributed by atoms with van der Waals surface area (Å²) >= 11 is 0. The molecule has 4 rings (SSSR count). The van der Waals surface area contributed by atoms with Crippen molar-refractivity contribution in [1.82, 2.24) is 19.9 Å². The average molecular weight is 355 g/mol. The fraction of sp³-hybridized carbons (Fsp3) is 0.526. The van der Waals surface area contributed by atoms with E-state index in [4.69, 9.17) is 4.74 Å². The van der Waals surface area contributed by atoms with E-state index in [1.54, 1.807) is 17.1 Å². The van der Waals surface area contributed by atoms with Gasteiger partial charge in [0.1, 0.15) is 0 Å². The second-order valence-electron chi connectivity index (χ2n) is 7.05. The van der Waals surface area contributed by atoms with Crippen LogP contribution in [0.25, 0.3) is 5.69 Å². The lowest BCUT2D eigenvalue weighted by atomic mass is 10.1. The van der Waals surface area contributed by atoms with Gasteiger partial charge in [-0.15, -0.1) is 5.10 Å². The Bertz CT molecular complexity index is 702. The third-order valence-corrected chi connectivity index (χ3v) is 5.22. The van der Waals surface area contributed by atoms with Crippen molar-refractivity contribution in [2.45, 2.75) is 50.7 Å². The number of nitrogens with zero attached hydrogens (tertiary/aromatic N) is 4. The fourth-order valence-electron chi connectivity index (χ4n) is 3.74. The normalized spacial score (nSPS) is 19.0. The molecule has 26 heavy (non-hydrogen) atoms. The zero-order valence-electron chi connectivity index (χ0n) is 14.9. The van der Waals surface area contributed by atoms with E-state index in [0.717, 1.165) is 37.3 Å². The van der Waals surface area contributed by atoms with Crippen LogP contribution >= 0.6 is 0 Å². The number of benzene rings is 1. The Kier molecular flexibility index (Phi) is 5.15. The molecule has 1 saturated heterocycles. The molecule has 0 bridgehead atoms. The van der Waals surface area contributed by atoms with Gasteiger partial charge in [0.2, 0.25) is 0 Å². The number of piperidine rings is 1. The number of aromatic nitrogens is 3. The molecule has 1 N–H and O–H groups in total. The standard InChI is InChI=1S/C19H25N5O2/c25-19(21-15-5-7-16(8-6-15)24-14-11-20-22-24)23-12-9-18(10-13-23)26-17-3-1-2-4-17/h5-8,11,14,17-18H,1-4,9-10,12-13H2,(H,21,25). The molecule has 2 heterocycles. The molecular formula is C19H25N5O2. The van der Waals surface area contributed by atoms with E-state index in [1.807, 2.05) is 29.2 Å². The zero-order chi connectivity index (χ0) is 17.8. The summed E-state index contributed by atoms with van der Waals surface area (Å²) in [7, 11) is 0. The van der Waals surface area contributed by atoms with Crippen molar-refractivity contribution < 1.29 is 9.53 Å². The number of hydrogen-bond acceptors (Lipinski definition) is 4. The second-order valence-corrected chi connectivity index (χ2v) is 7.05. The smallest absolute Gasteiger partial charge is 0.321 e. The maximum Gasteiger partial charge on any atom is 0.321 e. The van der Waals surface area contributed by atoms with Crippen molar-refractivity contribution in [2.24, 2.45) is 0 Å². The molecule has 0 spiro atoms. The highest BCUT2D eigenvalue weighted by Gasteiger charge is 2.26. The first kappa shape index (κ1) is 17.0. The monoisotopic (exact) mass is 355 g/mol. The van der Waals surface area contributed by atoms with E-state index in [2.05, 4.69) is 15.6 Å². The number of ether oxygens (including phenoxy) is 1. The molecular weight excluding hydrogens is 330 g/mol. The molecule has 7 nitrogen and oxygen atoms in total. The van der Waals surface area contributed by atoms with Gasteiger partial charge in [-0.3, -0.25) is 0 Å². The molecule has 0 atom stereocenters. The van der Waals surface area contributed by atoms with E-state index in [0.29, 0.717) is 12.2 Å². The number of amides is 2. The van der Waals surface area contributed by atoms with Crippen molar-refractivity contribution in [3.05, 3.63) is 36.7 Å². The number of rotatable bonds is 4. The summed E-state index contributed by atoms with van der Waals surface area (Å²) in [5.41, 5.74) is 1.69. The number of urea groups is 1. The highest BCUT2D eigenvalue weighted by atomic mass is 16.5. The largest absolute Gasteiger partial charge is 0.375 e. The topological polar surface area (TPSA) is 72.3 Å². The summed E-state index contributed by atoms with van der Waals surface area (Å²) in [6.07, 6.45) is 11.0. The van der Waals surface area contributed by atoms with Gasteiger partial charge >= 0.3 is 6.03 Å². The Labute approximate surface area is 153 Å². The molecule has 0 radical (unpaired) electrons. The molecule has 2 amide bonds. The third-order valence-electron chi connectivity index (χ3n) is 5.22. The zero-order valence-corrected chi connectivity index (χ0v) is 14.9. The Balaban J connectivity index is 1.26. The molecule has 1 aliphatic carbocycles.